The van der Waals surface area contributed by atoms with Crippen LogP contribution in [0.4, 0.5) is 4.79 Å². The molecule has 48 heavy (non-hydrogen) atoms. The number of urea groups is 1. The number of carbonyl (C=O) groups is 4. The molecule has 0 aromatic heterocycles. The Kier molecular flexibility index (Phi) is 12.5. The molecule has 1 atom stereocenters. The van der Waals surface area contributed by atoms with E-state index in [1.54, 1.807) is 75.4 Å². The second kappa shape index (κ2) is 17.0. The molecular formula is C34H35BrN4O9. The Morgan fingerprint density at radius 1 is 0.917 bits per heavy atom. The quantitative estimate of drug-likeness (QED) is 0.119. The van der Waals surface area contributed by atoms with Crippen molar-refractivity contribution in [2.45, 2.75) is 33.4 Å². The minimum absolute atomic E-state index is 0.173. The molecule has 0 saturated heterocycles. The SMILES string of the molecule is CCOC(=O)C1=C(C)NC(=O)N[C@H]1c1ccc(OCC(=O)N/N=C/c2cc(Br)ccc2OCc2ccc(C(=O)OCC)cc2)c(OC)c1. The van der Waals surface area contributed by atoms with Crippen molar-refractivity contribution >= 4 is 46.0 Å². The lowest BCUT2D eigenvalue weighted by Crippen LogP contribution is -2.45. The summed E-state index contributed by atoms with van der Waals surface area (Å²) in [6.07, 6.45) is 1.45. The molecule has 14 heteroatoms. The molecule has 3 N–H and O–H groups in total. The summed E-state index contributed by atoms with van der Waals surface area (Å²) in [5.74, 6) is -0.421. The van der Waals surface area contributed by atoms with Crippen molar-refractivity contribution in [3.8, 4) is 17.2 Å². The number of nitrogens with one attached hydrogen (secondary N) is 3. The molecule has 252 valence electrons. The van der Waals surface area contributed by atoms with Crippen LogP contribution in [0.5, 0.6) is 17.2 Å². The first-order chi connectivity index (χ1) is 23.1. The van der Waals surface area contributed by atoms with Crippen LogP contribution in [0.25, 0.3) is 0 Å². The topological polar surface area (TPSA) is 163 Å². The Bertz CT molecular complexity index is 1720. The summed E-state index contributed by atoms with van der Waals surface area (Å²) in [6, 6.07) is 15.9. The summed E-state index contributed by atoms with van der Waals surface area (Å²) in [6.45, 7) is 5.39. The molecule has 4 rings (SSSR count). The molecular weight excluding hydrogens is 688 g/mol. The van der Waals surface area contributed by atoms with Gasteiger partial charge in [0.15, 0.2) is 18.1 Å². The molecule has 1 heterocycles. The third-order valence-corrected chi connectivity index (χ3v) is 7.36. The van der Waals surface area contributed by atoms with Gasteiger partial charge in [-0.05, 0) is 74.4 Å². The number of amides is 3. The van der Waals surface area contributed by atoms with Crippen molar-refractivity contribution in [1.82, 2.24) is 16.1 Å². The molecule has 3 aromatic carbocycles. The maximum absolute atomic E-state index is 12.6. The van der Waals surface area contributed by atoms with Gasteiger partial charge >= 0.3 is 18.0 Å². The highest BCUT2D eigenvalue weighted by Crippen LogP contribution is 2.34. The fraction of sp³-hybridized carbons (Fsp3) is 0.265. The van der Waals surface area contributed by atoms with Crippen molar-refractivity contribution in [3.05, 3.63) is 98.7 Å². The number of rotatable bonds is 14. The van der Waals surface area contributed by atoms with E-state index in [1.165, 1.54) is 13.3 Å². The minimum Gasteiger partial charge on any atom is -0.493 e. The summed E-state index contributed by atoms with van der Waals surface area (Å²) in [7, 11) is 1.43. The highest BCUT2D eigenvalue weighted by Gasteiger charge is 2.32. The van der Waals surface area contributed by atoms with Crippen molar-refractivity contribution in [2.75, 3.05) is 26.9 Å². The number of halogens is 1. The van der Waals surface area contributed by atoms with Gasteiger partial charge in [-0.3, -0.25) is 4.79 Å². The lowest BCUT2D eigenvalue weighted by atomic mass is 9.95. The van der Waals surface area contributed by atoms with Gasteiger partial charge in [0.1, 0.15) is 12.4 Å². The van der Waals surface area contributed by atoms with E-state index in [2.05, 4.69) is 37.1 Å². The first kappa shape index (κ1) is 35.5. The minimum atomic E-state index is -0.790. The van der Waals surface area contributed by atoms with E-state index in [0.29, 0.717) is 34.7 Å². The number of hydrogen-bond acceptors (Lipinski definition) is 10. The van der Waals surface area contributed by atoms with Gasteiger partial charge in [-0.25, -0.2) is 19.8 Å². The van der Waals surface area contributed by atoms with Crippen molar-refractivity contribution in [1.29, 1.82) is 0 Å². The normalized spacial score (nSPS) is 14.1. The molecule has 0 saturated carbocycles. The number of hydrogen-bond donors (Lipinski definition) is 3. The Balaban J connectivity index is 1.36. The molecule has 3 amide bonds. The number of ether oxygens (including phenoxy) is 5. The van der Waals surface area contributed by atoms with E-state index >= 15 is 0 Å². The molecule has 0 spiro atoms. The highest BCUT2D eigenvalue weighted by atomic mass is 79.9. The Hall–Kier alpha value is -5.37. The average Bonchev–Trinajstić information content (AvgIpc) is 3.07. The van der Waals surface area contributed by atoms with Crippen LogP contribution in [0.2, 0.25) is 0 Å². The van der Waals surface area contributed by atoms with E-state index in [4.69, 9.17) is 23.7 Å². The first-order valence-corrected chi connectivity index (χ1v) is 15.7. The Morgan fingerprint density at radius 3 is 2.33 bits per heavy atom. The van der Waals surface area contributed by atoms with Crippen LogP contribution in [0.1, 0.15) is 53.9 Å². The van der Waals surface area contributed by atoms with Gasteiger partial charge in [-0.2, -0.15) is 5.10 Å². The second-order valence-corrected chi connectivity index (χ2v) is 11.1. The molecule has 1 aliphatic heterocycles. The van der Waals surface area contributed by atoms with Gasteiger partial charge in [-0.15, -0.1) is 0 Å². The van der Waals surface area contributed by atoms with Gasteiger partial charge in [0.25, 0.3) is 5.91 Å². The van der Waals surface area contributed by atoms with E-state index in [9.17, 15) is 19.2 Å². The van der Waals surface area contributed by atoms with Crippen molar-refractivity contribution in [3.63, 3.8) is 0 Å². The van der Waals surface area contributed by atoms with E-state index in [0.717, 1.165) is 10.0 Å². The van der Waals surface area contributed by atoms with E-state index in [-0.39, 0.29) is 42.9 Å². The molecule has 0 aliphatic carbocycles. The van der Waals surface area contributed by atoms with E-state index < -0.39 is 23.9 Å². The first-order valence-electron chi connectivity index (χ1n) is 14.9. The average molecular weight is 724 g/mol. The number of nitrogens with zero attached hydrogens (tertiary/aromatic N) is 1. The lowest BCUT2D eigenvalue weighted by Gasteiger charge is -2.28. The highest BCUT2D eigenvalue weighted by molar-refractivity contribution is 9.10. The van der Waals surface area contributed by atoms with Crippen LogP contribution >= 0.6 is 15.9 Å². The van der Waals surface area contributed by atoms with E-state index in [1.807, 2.05) is 6.07 Å². The molecule has 0 bridgehead atoms. The fourth-order valence-electron chi connectivity index (χ4n) is 4.62. The summed E-state index contributed by atoms with van der Waals surface area (Å²) < 4.78 is 28.1. The molecule has 0 fully saturated rings. The van der Waals surface area contributed by atoms with Gasteiger partial charge in [0.2, 0.25) is 0 Å². The number of benzene rings is 3. The third-order valence-electron chi connectivity index (χ3n) is 6.87. The zero-order chi connectivity index (χ0) is 34.6. The number of esters is 2. The van der Waals surface area contributed by atoms with Crippen LogP contribution in [0, 0.1) is 0 Å². The summed E-state index contributed by atoms with van der Waals surface area (Å²) in [4.78, 5) is 49.3. The molecule has 3 aromatic rings. The van der Waals surface area contributed by atoms with Crippen molar-refractivity contribution in [2.24, 2.45) is 5.10 Å². The molecule has 0 radical (unpaired) electrons. The zero-order valence-electron chi connectivity index (χ0n) is 26.8. The van der Waals surface area contributed by atoms with Crippen molar-refractivity contribution < 1.29 is 42.9 Å². The van der Waals surface area contributed by atoms with Crippen LogP contribution < -0.4 is 30.3 Å². The second-order valence-electron chi connectivity index (χ2n) is 10.2. The number of allylic oxidation sites excluding steroid dienone is 1. The largest absolute Gasteiger partial charge is 0.493 e. The Morgan fingerprint density at radius 2 is 1.62 bits per heavy atom. The maximum Gasteiger partial charge on any atom is 0.338 e. The van der Waals surface area contributed by atoms with Gasteiger partial charge in [0.05, 0.1) is 43.7 Å². The zero-order valence-corrected chi connectivity index (χ0v) is 28.3. The molecule has 13 nitrogen and oxygen atoms in total. The summed E-state index contributed by atoms with van der Waals surface area (Å²) in [5.41, 5.74) is 5.51. The van der Waals surface area contributed by atoms with Crippen LogP contribution in [0.3, 0.4) is 0 Å². The standard InChI is InChI=1S/C34H35BrN4O9/c1-5-45-32(41)22-9-7-21(8-10-22)18-47-26-14-12-25(35)15-24(26)17-36-39-29(40)19-48-27-13-11-23(16-28(27)44-4)31-30(33(42)46-6-2)20(3)37-34(43)38-31/h7-17,31H,5-6,18-19H2,1-4H3,(H,39,40)(H2,37,38,43)/b36-17+/t31-/m0/s1. The van der Waals surface area contributed by atoms with Gasteiger partial charge in [0, 0.05) is 15.7 Å². The van der Waals surface area contributed by atoms with Gasteiger partial charge in [-0.1, -0.05) is 34.1 Å². The monoisotopic (exact) mass is 722 g/mol. The van der Waals surface area contributed by atoms with Gasteiger partial charge < -0.3 is 34.3 Å². The number of hydrazone groups is 1. The third kappa shape index (κ3) is 9.35. The van der Waals surface area contributed by atoms with Crippen LogP contribution in [-0.4, -0.2) is 57.0 Å². The smallest absolute Gasteiger partial charge is 0.338 e. The van der Waals surface area contributed by atoms with Crippen LogP contribution in [-0.2, 0) is 25.7 Å². The fourth-order valence-corrected chi connectivity index (χ4v) is 5.00. The van der Waals surface area contributed by atoms with Crippen LogP contribution in [0.15, 0.2) is 81.5 Å². The predicted molar refractivity (Wildman–Crippen MR) is 179 cm³/mol. The predicted octanol–water partition coefficient (Wildman–Crippen LogP) is 4.93. The lowest BCUT2D eigenvalue weighted by molar-refractivity contribution is -0.139. The summed E-state index contributed by atoms with van der Waals surface area (Å²) in [5, 5.41) is 9.37. The number of methoxy groups -OCH3 is 1. The maximum atomic E-state index is 12.6. The Labute approximate surface area is 285 Å². The number of carbonyl (C=O) groups excluding carboxylic acids is 4. The summed E-state index contributed by atoms with van der Waals surface area (Å²) >= 11 is 3.44. The molecule has 0 unspecified atom stereocenters. The molecule has 1 aliphatic rings.